The molecule has 2 bridgehead atoms. The van der Waals surface area contributed by atoms with Gasteiger partial charge >= 0.3 is 0 Å². The molecule has 0 aliphatic carbocycles. The molecule has 1 unspecified atom stereocenters. The molecule has 0 radical (unpaired) electrons. The van der Waals surface area contributed by atoms with Crippen molar-refractivity contribution in [2.45, 2.75) is 64.3 Å². The maximum Gasteiger partial charge on any atom is 0.188 e. The molecule has 142 valence electrons. The van der Waals surface area contributed by atoms with Crippen LogP contribution in [0.5, 0.6) is 0 Å². The second-order valence-electron chi connectivity index (χ2n) is 7.84. The number of ether oxygens (including phenoxy) is 1. The minimum atomic E-state index is 0.538. The van der Waals surface area contributed by atoms with Crippen LogP contribution in [0, 0.1) is 0 Å². The molecule has 4 nitrogen and oxygen atoms in total. The SMILES string of the molecule is COC1=CC(c2ccc[nH]2)=NC1=CC1=[N+]2C=C(CCCCCCCC2C)C1. The van der Waals surface area contributed by atoms with E-state index in [4.69, 9.17) is 9.73 Å². The molecule has 1 atom stereocenters. The zero-order valence-electron chi connectivity index (χ0n) is 16.5. The van der Waals surface area contributed by atoms with Crippen molar-refractivity contribution >= 4 is 11.4 Å². The number of hydrogen-bond donors (Lipinski definition) is 1. The van der Waals surface area contributed by atoms with Crippen molar-refractivity contribution < 1.29 is 9.31 Å². The van der Waals surface area contributed by atoms with Crippen LogP contribution in [0.1, 0.15) is 64.0 Å². The summed E-state index contributed by atoms with van der Waals surface area (Å²) in [5, 5.41) is 0. The fraction of sp³-hybridized carbons (Fsp3) is 0.478. The van der Waals surface area contributed by atoms with Gasteiger partial charge in [0.05, 0.1) is 24.9 Å². The van der Waals surface area contributed by atoms with E-state index in [9.17, 15) is 0 Å². The van der Waals surface area contributed by atoms with Gasteiger partial charge in [0.25, 0.3) is 0 Å². The van der Waals surface area contributed by atoms with Crippen LogP contribution in [0.4, 0.5) is 0 Å². The molecule has 0 amide bonds. The van der Waals surface area contributed by atoms with Crippen LogP contribution in [0.2, 0.25) is 0 Å². The highest BCUT2D eigenvalue weighted by Crippen LogP contribution is 2.27. The van der Waals surface area contributed by atoms with Crippen molar-refractivity contribution in [2.24, 2.45) is 4.99 Å². The average molecular weight is 365 g/mol. The molecule has 1 aromatic heterocycles. The smallest absolute Gasteiger partial charge is 0.188 e. The van der Waals surface area contributed by atoms with Crippen LogP contribution in [-0.2, 0) is 4.74 Å². The monoisotopic (exact) mass is 364 g/mol. The van der Waals surface area contributed by atoms with Gasteiger partial charge in [-0.2, -0.15) is 4.58 Å². The highest BCUT2D eigenvalue weighted by Gasteiger charge is 2.28. The first kappa shape index (κ1) is 18.0. The van der Waals surface area contributed by atoms with Gasteiger partial charge in [-0.3, -0.25) is 0 Å². The molecule has 27 heavy (non-hydrogen) atoms. The molecule has 0 aromatic carbocycles. The van der Waals surface area contributed by atoms with E-state index in [0.717, 1.165) is 29.3 Å². The van der Waals surface area contributed by atoms with Gasteiger partial charge in [-0.15, -0.1) is 0 Å². The number of H-pyrrole nitrogens is 1. The summed E-state index contributed by atoms with van der Waals surface area (Å²) in [5.41, 5.74) is 5.80. The summed E-state index contributed by atoms with van der Waals surface area (Å²) in [6.07, 6.45) is 18.9. The predicted molar refractivity (Wildman–Crippen MR) is 110 cm³/mol. The Morgan fingerprint density at radius 3 is 2.89 bits per heavy atom. The lowest BCUT2D eigenvalue weighted by Crippen LogP contribution is -2.22. The van der Waals surface area contributed by atoms with Crippen molar-refractivity contribution in [3.8, 4) is 0 Å². The van der Waals surface area contributed by atoms with Gasteiger partial charge in [-0.1, -0.05) is 19.3 Å². The predicted octanol–water partition coefficient (Wildman–Crippen LogP) is 5.11. The Labute approximate surface area is 162 Å². The van der Waals surface area contributed by atoms with Crippen molar-refractivity contribution in [1.29, 1.82) is 0 Å². The maximum atomic E-state index is 5.62. The minimum absolute atomic E-state index is 0.538. The standard InChI is InChI=1S/C23H29N3O/c1-17-9-6-4-3-5-7-10-18-13-19(26(17)16-18)14-22-23(27-2)15-21(25-22)20-11-8-12-24-20/h8,11-12,14-17H,3-7,9-10,13H2,1-2H3/p+1. The average Bonchev–Trinajstić information content (AvgIpc) is 3.39. The Morgan fingerprint density at radius 2 is 2.07 bits per heavy atom. The van der Waals surface area contributed by atoms with Gasteiger partial charge in [0.2, 0.25) is 0 Å². The minimum Gasteiger partial charge on any atom is -0.494 e. The third-order valence-corrected chi connectivity index (χ3v) is 5.81. The van der Waals surface area contributed by atoms with E-state index in [-0.39, 0.29) is 0 Å². The third kappa shape index (κ3) is 4.00. The summed E-state index contributed by atoms with van der Waals surface area (Å²) < 4.78 is 8.11. The van der Waals surface area contributed by atoms with Crippen molar-refractivity contribution in [1.82, 2.24) is 4.98 Å². The number of nitrogens with one attached hydrogen (secondary N) is 1. The number of methoxy groups -OCH3 is 1. The molecule has 1 N–H and O–H groups in total. The number of aliphatic imine (C=N–C) groups is 1. The van der Waals surface area contributed by atoms with E-state index in [1.165, 1.54) is 50.7 Å². The van der Waals surface area contributed by atoms with Crippen LogP contribution >= 0.6 is 0 Å². The molecule has 0 spiro atoms. The molecule has 3 aliphatic heterocycles. The molecule has 0 saturated carbocycles. The van der Waals surface area contributed by atoms with E-state index in [2.05, 4.69) is 28.8 Å². The van der Waals surface area contributed by atoms with E-state index < -0.39 is 0 Å². The second kappa shape index (κ2) is 8.12. The number of aromatic nitrogens is 1. The Kier molecular flexibility index (Phi) is 5.42. The topological polar surface area (TPSA) is 40.4 Å². The number of aromatic amines is 1. The highest BCUT2D eigenvalue weighted by molar-refractivity contribution is 6.11. The number of allylic oxidation sites excluding steroid dienone is 3. The number of nitrogens with zero attached hydrogens (tertiary/aromatic N) is 2. The molecular weight excluding hydrogens is 334 g/mol. The first-order chi connectivity index (χ1) is 13.2. The molecule has 4 heterocycles. The number of fused-ring (bicyclic) bond motifs is 1. The van der Waals surface area contributed by atoms with Gasteiger partial charge in [0.15, 0.2) is 18.0 Å². The van der Waals surface area contributed by atoms with E-state index in [1.54, 1.807) is 12.7 Å². The summed E-state index contributed by atoms with van der Waals surface area (Å²) >= 11 is 0. The van der Waals surface area contributed by atoms with Crippen LogP contribution in [0.25, 0.3) is 0 Å². The molecule has 4 heteroatoms. The summed E-state index contributed by atoms with van der Waals surface area (Å²) in [4.78, 5) is 8.08. The van der Waals surface area contributed by atoms with Crippen molar-refractivity contribution in [3.63, 3.8) is 0 Å². The van der Waals surface area contributed by atoms with Crippen LogP contribution in [0.3, 0.4) is 0 Å². The second-order valence-corrected chi connectivity index (χ2v) is 7.84. The fourth-order valence-corrected chi connectivity index (χ4v) is 4.27. The number of rotatable bonds is 3. The Bertz CT molecular complexity index is 837. The number of hydrogen-bond acceptors (Lipinski definition) is 2. The normalized spacial score (nSPS) is 25.2. The van der Waals surface area contributed by atoms with Gasteiger partial charge in [-0.25, -0.2) is 4.99 Å². The summed E-state index contributed by atoms with van der Waals surface area (Å²) in [5.74, 6) is 0.842. The van der Waals surface area contributed by atoms with Crippen LogP contribution in [-0.4, -0.2) is 34.1 Å². The van der Waals surface area contributed by atoms with E-state index >= 15 is 0 Å². The molecule has 4 rings (SSSR count). The summed E-state index contributed by atoms with van der Waals surface area (Å²) in [6, 6.07) is 4.58. The van der Waals surface area contributed by atoms with Crippen LogP contribution < -0.4 is 0 Å². The Balaban J connectivity index is 1.64. The molecule has 0 fully saturated rings. The van der Waals surface area contributed by atoms with Gasteiger partial charge in [-0.05, 0) is 38.3 Å². The first-order valence-electron chi connectivity index (χ1n) is 10.3. The quantitative estimate of drug-likeness (QED) is 0.744. The van der Waals surface area contributed by atoms with Gasteiger partial charge in [0, 0.05) is 30.3 Å². The molecule has 3 aliphatic rings. The third-order valence-electron chi connectivity index (χ3n) is 5.81. The fourth-order valence-electron chi connectivity index (χ4n) is 4.27. The van der Waals surface area contributed by atoms with Crippen molar-refractivity contribution in [2.75, 3.05) is 7.11 Å². The molecule has 0 saturated heterocycles. The highest BCUT2D eigenvalue weighted by atomic mass is 16.5. The maximum absolute atomic E-state index is 5.62. The Hall–Kier alpha value is -2.36. The van der Waals surface area contributed by atoms with Crippen molar-refractivity contribution in [3.05, 3.63) is 59.4 Å². The van der Waals surface area contributed by atoms with E-state index in [1.807, 2.05) is 24.4 Å². The lowest BCUT2D eigenvalue weighted by atomic mass is 10.0. The first-order valence-corrected chi connectivity index (χ1v) is 10.3. The largest absolute Gasteiger partial charge is 0.494 e. The zero-order valence-corrected chi connectivity index (χ0v) is 16.5. The van der Waals surface area contributed by atoms with Gasteiger partial charge < -0.3 is 9.72 Å². The molecule has 1 aromatic rings. The lowest BCUT2D eigenvalue weighted by Gasteiger charge is -2.09. The van der Waals surface area contributed by atoms with Crippen LogP contribution in [0.15, 0.2) is 58.7 Å². The summed E-state index contributed by atoms with van der Waals surface area (Å²) in [6.45, 7) is 2.35. The van der Waals surface area contributed by atoms with Gasteiger partial charge in [0.1, 0.15) is 11.5 Å². The summed E-state index contributed by atoms with van der Waals surface area (Å²) in [7, 11) is 1.72. The molecular formula is C23H30N3O+. The van der Waals surface area contributed by atoms with E-state index in [0.29, 0.717) is 6.04 Å². The Morgan fingerprint density at radius 1 is 1.22 bits per heavy atom. The zero-order chi connectivity index (χ0) is 18.6. The lowest BCUT2D eigenvalue weighted by molar-refractivity contribution is -0.494.